The van der Waals surface area contributed by atoms with E-state index < -0.39 is 5.91 Å². The number of anilines is 3. The summed E-state index contributed by atoms with van der Waals surface area (Å²) in [6, 6.07) is 5.79. The Morgan fingerprint density at radius 2 is 1.93 bits per heavy atom. The molecule has 156 valence electrons. The second-order valence-electron chi connectivity index (χ2n) is 7.52. The summed E-state index contributed by atoms with van der Waals surface area (Å²) in [6.45, 7) is 1.94. The van der Waals surface area contributed by atoms with Gasteiger partial charge in [0.15, 0.2) is 11.5 Å². The van der Waals surface area contributed by atoms with Gasteiger partial charge in [0.25, 0.3) is 5.91 Å². The molecule has 1 amide bonds. The van der Waals surface area contributed by atoms with Crippen molar-refractivity contribution in [3.8, 4) is 5.82 Å². The SMILES string of the molecule is Cc1cc(Nc2cc(N[C@@H]3CCCC[C@@H]3N)cnc2C(N)=O)nc(-n2nccn2)c1. The van der Waals surface area contributed by atoms with Crippen molar-refractivity contribution in [2.24, 2.45) is 11.5 Å². The Labute approximate surface area is 174 Å². The lowest BCUT2D eigenvalue weighted by molar-refractivity contribution is 0.0996. The fraction of sp³-hybridized carbons (Fsp3) is 0.350. The average molecular weight is 407 g/mol. The molecule has 0 spiro atoms. The number of rotatable bonds is 6. The van der Waals surface area contributed by atoms with Crippen molar-refractivity contribution in [2.75, 3.05) is 10.6 Å². The Kier molecular flexibility index (Phi) is 5.57. The average Bonchev–Trinajstić information content (AvgIpc) is 3.24. The molecule has 1 fully saturated rings. The largest absolute Gasteiger partial charge is 0.379 e. The zero-order valence-electron chi connectivity index (χ0n) is 16.7. The molecule has 6 N–H and O–H groups in total. The predicted octanol–water partition coefficient (Wildman–Crippen LogP) is 1.89. The van der Waals surface area contributed by atoms with Gasteiger partial charge in [-0.1, -0.05) is 12.8 Å². The molecule has 1 aliphatic carbocycles. The van der Waals surface area contributed by atoms with E-state index >= 15 is 0 Å². The second-order valence-corrected chi connectivity index (χ2v) is 7.52. The topological polar surface area (TPSA) is 150 Å². The normalized spacial score (nSPS) is 18.7. The standard InChI is InChI=1S/C20H25N9O/c1-12-8-17(28-18(9-12)29-24-6-7-25-29)27-16-10-13(11-23-19(16)20(22)30)26-15-5-3-2-4-14(15)21/h6-11,14-15,26H,2-5,21H2,1H3,(H2,22,30)(H,27,28)/t14-,15+/m0/s1. The number of nitrogens with two attached hydrogens (primary N) is 2. The molecule has 10 heteroatoms. The number of carbonyl (C=O) groups is 1. The maximum atomic E-state index is 11.9. The summed E-state index contributed by atoms with van der Waals surface area (Å²) < 4.78 is 0. The third-order valence-corrected chi connectivity index (χ3v) is 5.14. The van der Waals surface area contributed by atoms with Crippen molar-refractivity contribution in [1.29, 1.82) is 0 Å². The Morgan fingerprint density at radius 3 is 2.67 bits per heavy atom. The maximum absolute atomic E-state index is 11.9. The van der Waals surface area contributed by atoms with Crippen LogP contribution < -0.4 is 22.1 Å². The molecule has 0 aromatic carbocycles. The van der Waals surface area contributed by atoms with Crippen molar-refractivity contribution in [2.45, 2.75) is 44.7 Å². The van der Waals surface area contributed by atoms with E-state index in [1.807, 2.05) is 25.1 Å². The van der Waals surface area contributed by atoms with E-state index in [9.17, 15) is 4.79 Å². The molecule has 2 atom stereocenters. The molecule has 3 heterocycles. The van der Waals surface area contributed by atoms with Gasteiger partial charge in [-0.2, -0.15) is 10.2 Å². The summed E-state index contributed by atoms with van der Waals surface area (Å²) >= 11 is 0. The first-order chi connectivity index (χ1) is 14.5. The molecule has 1 aliphatic rings. The highest BCUT2D eigenvalue weighted by atomic mass is 16.1. The summed E-state index contributed by atoms with van der Waals surface area (Å²) in [7, 11) is 0. The van der Waals surface area contributed by atoms with Gasteiger partial charge in [0, 0.05) is 12.1 Å². The molecule has 3 aromatic rings. The third-order valence-electron chi connectivity index (χ3n) is 5.14. The van der Waals surface area contributed by atoms with Crippen LogP contribution in [0.2, 0.25) is 0 Å². The Morgan fingerprint density at radius 1 is 1.17 bits per heavy atom. The number of primary amides is 1. The van der Waals surface area contributed by atoms with Crippen LogP contribution >= 0.6 is 0 Å². The van der Waals surface area contributed by atoms with Crippen LogP contribution in [0.15, 0.2) is 36.8 Å². The fourth-order valence-corrected chi connectivity index (χ4v) is 3.68. The van der Waals surface area contributed by atoms with E-state index in [0.29, 0.717) is 17.3 Å². The number of nitrogens with zero attached hydrogens (tertiary/aromatic N) is 5. The van der Waals surface area contributed by atoms with E-state index in [-0.39, 0.29) is 17.8 Å². The van der Waals surface area contributed by atoms with Gasteiger partial charge in [-0.25, -0.2) is 9.97 Å². The lowest BCUT2D eigenvalue weighted by Gasteiger charge is -2.30. The van der Waals surface area contributed by atoms with Gasteiger partial charge in [-0.3, -0.25) is 4.79 Å². The van der Waals surface area contributed by atoms with E-state index in [1.54, 1.807) is 18.6 Å². The Hall–Kier alpha value is -3.53. The van der Waals surface area contributed by atoms with Crippen LogP contribution in [0.25, 0.3) is 5.82 Å². The minimum Gasteiger partial charge on any atom is -0.379 e. The van der Waals surface area contributed by atoms with Gasteiger partial charge >= 0.3 is 0 Å². The number of aromatic nitrogens is 5. The zero-order chi connectivity index (χ0) is 21.1. The van der Waals surface area contributed by atoms with E-state index in [4.69, 9.17) is 11.5 Å². The monoisotopic (exact) mass is 407 g/mol. The first kappa shape index (κ1) is 19.8. The molecule has 1 saturated carbocycles. The Bertz CT molecular complexity index is 1030. The van der Waals surface area contributed by atoms with Crippen molar-refractivity contribution in [1.82, 2.24) is 25.0 Å². The van der Waals surface area contributed by atoms with Crippen LogP contribution in [0, 0.1) is 6.92 Å². The summed E-state index contributed by atoms with van der Waals surface area (Å²) in [5.74, 6) is 0.455. The lowest BCUT2D eigenvalue weighted by Crippen LogP contribution is -2.42. The number of nitrogens with one attached hydrogen (secondary N) is 2. The van der Waals surface area contributed by atoms with Crippen LogP contribution in [0.4, 0.5) is 17.2 Å². The summed E-state index contributed by atoms with van der Waals surface area (Å²) in [5.41, 5.74) is 14.1. The number of hydrogen-bond donors (Lipinski definition) is 4. The highest BCUT2D eigenvalue weighted by Gasteiger charge is 2.22. The maximum Gasteiger partial charge on any atom is 0.269 e. The number of aryl methyl sites for hydroxylation is 1. The zero-order valence-corrected chi connectivity index (χ0v) is 16.7. The molecule has 3 aromatic heterocycles. The van der Waals surface area contributed by atoms with Crippen LogP contribution in [0.3, 0.4) is 0 Å². The molecular formula is C20H25N9O. The first-order valence-electron chi connectivity index (χ1n) is 9.94. The molecule has 0 saturated heterocycles. The van der Waals surface area contributed by atoms with Crippen LogP contribution in [-0.4, -0.2) is 43.0 Å². The smallest absolute Gasteiger partial charge is 0.269 e. The third kappa shape index (κ3) is 4.38. The van der Waals surface area contributed by atoms with Crippen LogP contribution in [-0.2, 0) is 0 Å². The number of pyridine rings is 2. The quantitative estimate of drug-likeness (QED) is 0.484. The number of hydrogen-bond acceptors (Lipinski definition) is 8. The van der Waals surface area contributed by atoms with Gasteiger partial charge < -0.3 is 22.1 Å². The summed E-state index contributed by atoms with van der Waals surface area (Å²) in [6.07, 6.45) is 9.05. The first-order valence-corrected chi connectivity index (χ1v) is 9.94. The van der Waals surface area contributed by atoms with E-state index in [1.165, 1.54) is 4.80 Å². The minimum absolute atomic E-state index is 0.0912. The van der Waals surface area contributed by atoms with Crippen molar-refractivity contribution in [3.63, 3.8) is 0 Å². The molecule has 10 nitrogen and oxygen atoms in total. The summed E-state index contributed by atoms with van der Waals surface area (Å²) in [5, 5.41) is 14.8. The second kappa shape index (κ2) is 8.46. The van der Waals surface area contributed by atoms with Crippen molar-refractivity contribution >= 4 is 23.1 Å². The van der Waals surface area contributed by atoms with Crippen molar-refractivity contribution in [3.05, 3.63) is 48.0 Å². The molecule has 0 bridgehead atoms. The molecular weight excluding hydrogens is 382 g/mol. The van der Waals surface area contributed by atoms with Gasteiger partial charge in [-0.15, -0.1) is 4.80 Å². The predicted molar refractivity (Wildman–Crippen MR) is 114 cm³/mol. The van der Waals surface area contributed by atoms with E-state index in [2.05, 4.69) is 30.8 Å². The van der Waals surface area contributed by atoms with Crippen molar-refractivity contribution < 1.29 is 4.79 Å². The number of carbonyl (C=O) groups excluding carboxylic acids is 1. The molecule has 0 unspecified atom stereocenters. The van der Waals surface area contributed by atoms with Crippen LogP contribution in [0.1, 0.15) is 41.7 Å². The fourth-order valence-electron chi connectivity index (χ4n) is 3.68. The molecule has 0 aliphatic heterocycles. The van der Waals surface area contributed by atoms with Crippen LogP contribution in [0.5, 0.6) is 0 Å². The van der Waals surface area contributed by atoms with Gasteiger partial charge in [0.2, 0.25) is 0 Å². The molecule has 30 heavy (non-hydrogen) atoms. The van der Waals surface area contributed by atoms with Gasteiger partial charge in [0.1, 0.15) is 5.82 Å². The van der Waals surface area contributed by atoms with Gasteiger partial charge in [0.05, 0.1) is 30.0 Å². The Balaban J connectivity index is 1.63. The molecule has 0 radical (unpaired) electrons. The van der Waals surface area contributed by atoms with E-state index in [0.717, 1.165) is 36.9 Å². The minimum atomic E-state index is -0.625. The lowest BCUT2D eigenvalue weighted by atomic mass is 9.91. The number of amides is 1. The molecule has 4 rings (SSSR count). The highest BCUT2D eigenvalue weighted by Crippen LogP contribution is 2.26. The highest BCUT2D eigenvalue weighted by molar-refractivity contribution is 5.97. The summed E-state index contributed by atoms with van der Waals surface area (Å²) in [4.78, 5) is 22.1. The van der Waals surface area contributed by atoms with Gasteiger partial charge in [-0.05, 0) is 43.5 Å².